The molecule has 4 nitrogen and oxygen atoms in total. The van der Waals surface area contributed by atoms with Crippen LogP contribution in [0.4, 0.5) is 0 Å². The summed E-state index contributed by atoms with van der Waals surface area (Å²) < 4.78 is 15.9. The van der Waals surface area contributed by atoms with Gasteiger partial charge in [0.15, 0.2) is 6.29 Å². The van der Waals surface area contributed by atoms with Crippen molar-refractivity contribution in [3.8, 4) is 0 Å². The van der Waals surface area contributed by atoms with Gasteiger partial charge in [0.2, 0.25) is 0 Å². The maximum absolute atomic E-state index is 9.46. The highest BCUT2D eigenvalue weighted by Crippen LogP contribution is 2.27. The lowest BCUT2D eigenvalue weighted by molar-refractivity contribution is -0.199. The van der Waals surface area contributed by atoms with Gasteiger partial charge in [0.05, 0.1) is 19.8 Å². The Balaban J connectivity index is 2.42. The predicted molar refractivity (Wildman–Crippen MR) is 56.3 cm³/mol. The lowest BCUT2D eigenvalue weighted by Crippen LogP contribution is -2.41. The fourth-order valence-corrected chi connectivity index (χ4v) is 1.40. The average molecular weight is 216 g/mol. The molecule has 0 aromatic carbocycles. The van der Waals surface area contributed by atoms with Crippen LogP contribution in [0.5, 0.6) is 0 Å². The first kappa shape index (κ1) is 12.6. The molecule has 0 aromatic rings. The van der Waals surface area contributed by atoms with Gasteiger partial charge in [-0.1, -0.05) is 13.5 Å². The van der Waals surface area contributed by atoms with Crippen molar-refractivity contribution in [2.24, 2.45) is 5.41 Å². The normalized spacial score (nSPS) is 22.3. The van der Waals surface area contributed by atoms with Crippen molar-refractivity contribution in [1.82, 2.24) is 0 Å². The summed E-state index contributed by atoms with van der Waals surface area (Å²) in [5, 5.41) is 9.46. The summed E-state index contributed by atoms with van der Waals surface area (Å²) in [6.45, 7) is 9.44. The molecule has 1 N–H and O–H groups in total. The monoisotopic (exact) mass is 216 g/mol. The SMILES string of the molecule is C=C(C)C(O)OCC1(CC)COCOC1. The van der Waals surface area contributed by atoms with Crippen LogP contribution < -0.4 is 0 Å². The van der Waals surface area contributed by atoms with E-state index in [-0.39, 0.29) is 5.41 Å². The Morgan fingerprint density at radius 1 is 1.53 bits per heavy atom. The molecule has 4 heteroatoms. The zero-order chi connectivity index (χ0) is 11.3. The van der Waals surface area contributed by atoms with Crippen molar-refractivity contribution in [3.05, 3.63) is 12.2 Å². The lowest BCUT2D eigenvalue weighted by atomic mass is 9.87. The highest BCUT2D eigenvalue weighted by atomic mass is 16.7. The molecule has 1 heterocycles. The molecule has 1 aliphatic rings. The first-order chi connectivity index (χ1) is 7.09. The van der Waals surface area contributed by atoms with Crippen LogP contribution in [0.3, 0.4) is 0 Å². The second-order valence-electron chi connectivity index (χ2n) is 4.18. The Labute approximate surface area is 90.8 Å². The minimum absolute atomic E-state index is 0.130. The maximum atomic E-state index is 9.46. The van der Waals surface area contributed by atoms with Gasteiger partial charge in [-0.25, -0.2) is 0 Å². The predicted octanol–water partition coefficient (Wildman–Crippen LogP) is 1.30. The number of aliphatic hydroxyl groups is 1. The maximum Gasteiger partial charge on any atom is 0.176 e. The average Bonchev–Trinajstić information content (AvgIpc) is 2.27. The lowest BCUT2D eigenvalue weighted by Gasteiger charge is -2.36. The Hall–Kier alpha value is -0.420. The van der Waals surface area contributed by atoms with Gasteiger partial charge in [-0.2, -0.15) is 0 Å². The van der Waals surface area contributed by atoms with Crippen LogP contribution in [0.2, 0.25) is 0 Å². The van der Waals surface area contributed by atoms with Gasteiger partial charge >= 0.3 is 0 Å². The van der Waals surface area contributed by atoms with Gasteiger partial charge in [-0.3, -0.25) is 0 Å². The molecule has 1 unspecified atom stereocenters. The Morgan fingerprint density at radius 2 is 2.13 bits per heavy atom. The van der Waals surface area contributed by atoms with E-state index in [9.17, 15) is 5.11 Å². The van der Waals surface area contributed by atoms with E-state index < -0.39 is 6.29 Å². The molecule has 0 aromatic heterocycles. The molecular weight excluding hydrogens is 196 g/mol. The molecule has 15 heavy (non-hydrogen) atoms. The fraction of sp³-hybridized carbons (Fsp3) is 0.818. The van der Waals surface area contributed by atoms with Crippen LogP contribution in [0.15, 0.2) is 12.2 Å². The highest BCUT2D eigenvalue weighted by molar-refractivity contribution is 4.92. The van der Waals surface area contributed by atoms with E-state index >= 15 is 0 Å². The third-order valence-corrected chi connectivity index (χ3v) is 2.70. The summed E-state index contributed by atoms with van der Waals surface area (Å²) in [5.74, 6) is 0. The molecular formula is C11H20O4. The molecule has 1 aliphatic heterocycles. The number of ether oxygens (including phenoxy) is 3. The van der Waals surface area contributed by atoms with Crippen molar-refractivity contribution in [1.29, 1.82) is 0 Å². The number of hydrogen-bond donors (Lipinski definition) is 1. The topological polar surface area (TPSA) is 47.9 Å². The van der Waals surface area contributed by atoms with Crippen molar-refractivity contribution >= 4 is 0 Å². The summed E-state index contributed by atoms with van der Waals surface area (Å²) in [6.07, 6.45) is 0.00553. The fourth-order valence-electron chi connectivity index (χ4n) is 1.40. The van der Waals surface area contributed by atoms with Crippen LogP contribution in [-0.2, 0) is 14.2 Å². The zero-order valence-electron chi connectivity index (χ0n) is 9.49. The van der Waals surface area contributed by atoms with Crippen LogP contribution in [0, 0.1) is 5.41 Å². The number of rotatable bonds is 5. The molecule has 1 rings (SSSR count). The van der Waals surface area contributed by atoms with Gasteiger partial charge in [-0.15, -0.1) is 0 Å². The van der Waals surface area contributed by atoms with Crippen LogP contribution in [0.1, 0.15) is 20.3 Å². The van der Waals surface area contributed by atoms with E-state index in [0.717, 1.165) is 6.42 Å². The summed E-state index contributed by atoms with van der Waals surface area (Å²) in [7, 11) is 0. The smallest absolute Gasteiger partial charge is 0.176 e. The van der Waals surface area contributed by atoms with Gasteiger partial charge < -0.3 is 19.3 Å². The quantitative estimate of drug-likeness (QED) is 0.556. The van der Waals surface area contributed by atoms with Gasteiger partial charge in [-0.05, 0) is 18.9 Å². The number of aliphatic hydroxyl groups excluding tert-OH is 1. The molecule has 0 bridgehead atoms. The standard InChI is InChI=1S/C11H20O4/c1-4-11(5-13-8-14-6-11)7-15-10(12)9(2)3/h10,12H,2,4-8H2,1,3H3. The van der Waals surface area contributed by atoms with Crippen molar-refractivity contribution in [2.45, 2.75) is 26.6 Å². The van der Waals surface area contributed by atoms with Crippen molar-refractivity contribution in [2.75, 3.05) is 26.6 Å². The van der Waals surface area contributed by atoms with Crippen LogP contribution in [0.25, 0.3) is 0 Å². The molecule has 88 valence electrons. The third-order valence-electron chi connectivity index (χ3n) is 2.70. The Morgan fingerprint density at radius 3 is 2.60 bits per heavy atom. The van der Waals surface area contributed by atoms with Gasteiger partial charge in [0.1, 0.15) is 6.79 Å². The second-order valence-corrected chi connectivity index (χ2v) is 4.18. The molecule has 0 spiro atoms. The number of hydrogen-bond acceptors (Lipinski definition) is 4. The largest absolute Gasteiger partial charge is 0.364 e. The van der Waals surface area contributed by atoms with E-state index in [1.807, 2.05) is 0 Å². The molecule has 0 saturated carbocycles. The summed E-state index contributed by atoms with van der Waals surface area (Å²) in [4.78, 5) is 0. The summed E-state index contributed by atoms with van der Waals surface area (Å²) in [6, 6.07) is 0. The van der Waals surface area contributed by atoms with E-state index in [2.05, 4.69) is 13.5 Å². The summed E-state index contributed by atoms with van der Waals surface area (Å²) >= 11 is 0. The van der Waals surface area contributed by atoms with E-state index in [1.54, 1.807) is 6.92 Å². The van der Waals surface area contributed by atoms with E-state index in [0.29, 0.717) is 32.2 Å². The molecule has 1 saturated heterocycles. The van der Waals surface area contributed by atoms with E-state index in [1.165, 1.54) is 0 Å². The summed E-state index contributed by atoms with van der Waals surface area (Å²) in [5.41, 5.74) is 0.480. The third kappa shape index (κ3) is 3.57. The Kier molecular flexibility index (Phi) is 4.73. The van der Waals surface area contributed by atoms with Crippen molar-refractivity contribution < 1.29 is 19.3 Å². The molecule has 0 amide bonds. The first-order valence-electron chi connectivity index (χ1n) is 5.20. The molecule has 0 radical (unpaired) electrons. The van der Waals surface area contributed by atoms with Gasteiger partial charge in [0, 0.05) is 5.41 Å². The highest BCUT2D eigenvalue weighted by Gasteiger charge is 2.33. The van der Waals surface area contributed by atoms with Crippen LogP contribution in [-0.4, -0.2) is 38.0 Å². The molecule has 0 aliphatic carbocycles. The second kappa shape index (κ2) is 5.61. The molecule has 1 atom stereocenters. The van der Waals surface area contributed by atoms with Crippen LogP contribution >= 0.6 is 0 Å². The van der Waals surface area contributed by atoms with Gasteiger partial charge in [0.25, 0.3) is 0 Å². The zero-order valence-corrected chi connectivity index (χ0v) is 9.49. The van der Waals surface area contributed by atoms with E-state index in [4.69, 9.17) is 14.2 Å². The Bertz CT molecular complexity index is 209. The first-order valence-corrected chi connectivity index (χ1v) is 5.20. The molecule has 1 fully saturated rings. The minimum Gasteiger partial charge on any atom is -0.364 e. The van der Waals surface area contributed by atoms with Crippen molar-refractivity contribution in [3.63, 3.8) is 0 Å². The minimum atomic E-state index is -0.893.